The minimum Gasteiger partial charge on any atom is -0.491 e. The van der Waals surface area contributed by atoms with Gasteiger partial charge in [-0.25, -0.2) is 8.42 Å². The predicted octanol–water partition coefficient (Wildman–Crippen LogP) is 3.32. The monoisotopic (exact) mass is 387 g/mol. The van der Waals surface area contributed by atoms with Gasteiger partial charge in [-0.2, -0.15) is 0 Å². The molecule has 0 radical (unpaired) electrons. The van der Waals surface area contributed by atoms with E-state index in [1.807, 2.05) is 13.8 Å². The average Bonchev–Trinajstić information content (AvgIpc) is 2.93. The first-order valence-corrected chi connectivity index (χ1v) is 10.8. The van der Waals surface area contributed by atoms with Crippen LogP contribution in [0.15, 0.2) is 52.3 Å². The summed E-state index contributed by atoms with van der Waals surface area (Å²) in [6.45, 7) is 7.68. The summed E-state index contributed by atoms with van der Waals surface area (Å²) < 4.78 is 38.2. The molecule has 2 heterocycles. The van der Waals surface area contributed by atoms with Gasteiger partial charge >= 0.3 is 0 Å². The molecular formula is C21H25NO4S. The molecule has 27 heavy (non-hydrogen) atoms. The SMILES string of the molecule is CC(C)Oc1cccc(S(=O)(=O)c2ccc3c(c2)C2(C)CCNCC2O3)c1. The van der Waals surface area contributed by atoms with E-state index in [4.69, 9.17) is 9.47 Å². The molecule has 144 valence electrons. The Morgan fingerprint density at radius 2 is 1.96 bits per heavy atom. The molecule has 0 spiro atoms. The van der Waals surface area contributed by atoms with Crippen molar-refractivity contribution in [1.82, 2.24) is 5.32 Å². The van der Waals surface area contributed by atoms with Crippen LogP contribution in [0.5, 0.6) is 11.5 Å². The highest BCUT2D eigenvalue weighted by Gasteiger charge is 2.47. The number of hydrogen-bond acceptors (Lipinski definition) is 5. The Morgan fingerprint density at radius 1 is 1.19 bits per heavy atom. The highest BCUT2D eigenvalue weighted by molar-refractivity contribution is 7.91. The third-order valence-electron chi connectivity index (χ3n) is 5.49. The van der Waals surface area contributed by atoms with Crippen LogP contribution in [0.4, 0.5) is 0 Å². The number of fused-ring (bicyclic) bond motifs is 3. The van der Waals surface area contributed by atoms with Crippen LogP contribution < -0.4 is 14.8 Å². The van der Waals surface area contributed by atoms with Crippen molar-refractivity contribution in [3.05, 3.63) is 48.0 Å². The Hall–Kier alpha value is -2.05. The maximum atomic E-state index is 13.2. The number of rotatable bonds is 4. The first-order chi connectivity index (χ1) is 12.8. The molecule has 6 heteroatoms. The van der Waals surface area contributed by atoms with Crippen LogP contribution in [0.25, 0.3) is 0 Å². The fourth-order valence-electron chi connectivity index (χ4n) is 3.95. The molecule has 4 rings (SSSR count). The summed E-state index contributed by atoms with van der Waals surface area (Å²) in [5.74, 6) is 1.35. The van der Waals surface area contributed by atoms with Crippen LogP contribution in [0.3, 0.4) is 0 Å². The number of benzene rings is 2. The van der Waals surface area contributed by atoms with Crippen LogP contribution in [-0.4, -0.2) is 33.7 Å². The zero-order chi connectivity index (χ0) is 19.2. The zero-order valence-corrected chi connectivity index (χ0v) is 16.7. The maximum absolute atomic E-state index is 13.2. The van der Waals surface area contributed by atoms with E-state index in [1.165, 1.54) is 0 Å². The van der Waals surface area contributed by atoms with Crippen molar-refractivity contribution < 1.29 is 17.9 Å². The minimum absolute atomic E-state index is 0.0168. The van der Waals surface area contributed by atoms with E-state index in [9.17, 15) is 8.42 Å². The Bertz CT molecular complexity index is 970. The first-order valence-electron chi connectivity index (χ1n) is 9.34. The summed E-state index contributed by atoms with van der Waals surface area (Å²) in [5.41, 5.74) is 0.832. The van der Waals surface area contributed by atoms with E-state index < -0.39 is 9.84 Å². The molecule has 2 atom stereocenters. The maximum Gasteiger partial charge on any atom is 0.206 e. The molecule has 2 aliphatic rings. The summed E-state index contributed by atoms with van der Waals surface area (Å²) in [6.07, 6.45) is 0.949. The van der Waals surface area contributed by atoms with Crippen molar-refractivity contribution in [2.75, 3.05) is 13.1 Å². The number of sulfone groups is 1. The number of ether oxygens (including phenoxy) is 2. The lowest BCUT2D eigenvalue weighted by atomic mass is 9.74. The van der Waals surface area contributed by atoms with Crippen LogP contribution in [0.2, 0.25) is 0 Å². The van der Waals surface area contributed by atoms with Crippen LogP contribution >= 0.6 is 0 Å². The molecule has 0 aliphatic carbocycles. The van der Waals surface area contributed by atoms with Crippen molar-refractivity contribution in [3.8, 4) is 11.5 Å². The van der Waals surface area contributed by atoms with Gasteiger partial charge in [0, 0.05) is 17.5 Å². The molecule has 0 amide bonds. The summed E-state index contributed by atoms with van der Waals surface area (Å²) in [7, 11) is -3.63. The van der Waals surface area contributed by atoms with Gasteiger partial charge in [0.25, 0.3) is 0 Å². The van der Waals surface area contributed by atoms with Gasteiger partial charge in [-0.05, 0) is 63.2 Å². The second-order valence-corrected chi connectivity index (χ2v) is 9.73. The van der Waals surface area contributed by atoms with E-state index in [0.29, 0.717) is 10.6 Å². The van der Waals surface area contributed by atoms with Crippen LogP contribution in [-0.2, 0) is 15.3 Å². The second-order valence-electron chi connectivity index (χ2n) is 7.78. The van der Waals surface area contributed by atoms with Crippen molar-refractivity contribution in [2.24, 2.45) is 0 Å². The Morgan fingerprint density at radius 3 is 2.74 bits per heavy atom. The second kappa shape index (κ2) is 6.53. The lowest BCUT2D eigenvalue weighted by molar-refractivity contribution is 0.124. The Balaban J connectivity index is 1.73. The summed E-state index contributed by atoms with van der Waals surface area (Å²) in [6, 6.07) is 11.9. The Labute approximate surface area is 160 Å². The molecule has 2 aliphatic heterocycles. The van der Waals surface area contributed by atoms with Gasteiger partial charge in [-0.15, -0.1) is 0 Å². The lowest BCUT2D eigenvalue weighted by Crippen LogP contribution is -2.49. The van der Waals surface area contributed by atoms with Crippen molar-refractivity contribution in [3.63, 3.8) is 0 Å². The largest absolute Gasteiger partial charge is 0.491 e. The minimum atomic E-state index is -3.63. The number of piperidine rings is 1. The molecule has 1 fully saturated rings. The standard InChI is InChI=1S/C21H25NO4S/c1-14(2)25-15-5-4-6-16(11-15)27(23,24)17-7-8-19-18(12-17)21(3)9-10-22-13-20(21)26-19/h4-8,11-12,14,20,22H,9-10,13H2,1-3H3. The zero-order valence-electron chi connectivity index (χ0n) is 15.9. The molecule has 0 saturated carbocycles. The summed E-state index contributed by atoms with van der Waals surface area (Å²) >= 11 is 0. The van der Waals surface area contributed by atoms with E-state index in [2.05, 4.69) is 12.2 Å². The first kappa shape index (κ1) is 18.3. The Kier molecular flexibility index (Phi) is 4.43. The van der Waals surface area contributed by atoms with Crippen molar-refractivity contribution in [1.29, 1.82) is 0 Å². The molecule has 1 N–H and O–H groups in total. The molecule has 0 bridgehead atoms. The van der Waals surface area contributed by atoms with Gasteiger partial charge in [0.2, 0.25) is 9.84 Å². The van der Waals surface area contributed by atoms with Gasteiger partial charge in [-0.1, -0.05) is 13.0 Å². The third-order valence-corrected chi connectivity index (χ3v) is 7.24. The summed E-state index contributed by atoms with van der Waals surface area (Å²) in [4.78, 5) is 0.540. The van der Waals surface area contributed by atoms with E-state index >= 15 is 0 Å². The van der Waals surface area contributed by atoms with Gasteiger partial charge in [0.05, 0.1) is 15.9 Å². The molecule has 5 nitrogen and oxygen atoms in total. The van der Waals surface area contributed by atoms with E-state index in [1.54, 1.807) is 42.5 Å². The topological polar surface area (TPSA) is 64.6 Å². The molecule has 0 aromatic heterocycles. The molecule has 1 saturated heterocycles. The highest BCUT2D eigenvalue weighted by Crippen LogP contribution is 2.47. The number of hydrogen-bond donors (Lipinski definition) is 1. The van der Waals surface area contributed by atoms with Crippen molar-refractivity contribution >= 4 is 9.84 Å². The molecule has 2 aromatic carbocycles. The quantitative estimate of drug-likeness (QED) is 0.872. The van der Waals surface area contributed by atoms with E-state index in [-0.39, 0.29) is 22.5 Å². The highest BCUT2D eigenvalue weighted by atomic mass is 32.2. The fraction of sp³-hybridized carbons (Fsp3) is 0.429. The molecule has 2 unspecified atom stereocenters. The van der Waals surface area contributed by atoms with Gasteiger partial charge in [-0.3, -0.25) is 0 Å². The van der Waals surface area contributed by atoms with Gasteiger partial charge in [0.15, 0.2) is 0 Å². The van der Waals surface area contributed by atoms with Gasteiger partial charge < -0.3 is 14.8 Å². The molecule has 2 aromatic rings. The summed E-state index contributed by atoms with van der Waals surface area (Å²) in [5, 5.41) is 3.35. The lowest BCUT2D eigenvalue weighted by Gasteiger charge is -2.35. The van der Waals surface area contributed by atoms with Crippen LogP contribution in [0, 0.1) is 0 Å². The van der Waals surface area contributed by atoms with Crippen LogP contribution in [0.1, 0.15) is 32.8 Å². The molecular weight excluding hydrogens is 362 g/mol. The normalized spacial score (nSPS) is 24.2. The van der Waals surface area contributed by atoms with Gasteiger partial charge in [0.1, 0.15) is 17.6 Å². The van der Waals surface area contributed by atoms with E-state index in [0.717, 1.165) is 30.8 Å². The fourth-order valence-corrected chi connectivity index (χ4v) is 5.27. The number of nitrogens with one attached hydrogen (secondary N) is 1. The predicted molar refractivity (Wildman–Crippen MR) is 103 cm³/mol. The smallest absolute Gasteiger partial charge is 0.206 e. The third kappa shape index (κ3) is 3.11. The average molecular weight is 388 g/mol. The van der Waals surface area contributed by atoms with Crippen molar-refractivity contribution in [2.45, 2.75) is 54.6 Å².